The van der Waals surface area contributed by atoms with Crippen LogP contribution in [0.5, 0.6) is 5.75 Å². The van der Waals surface area contributed by atoms with Crippen LogP contribution in [0.2, 0.25) is 0 Å². The van der Waals surface area contributed by atoms with E-state index >= 15 is 0 Å². The van der Waals surface area contributed by atoms with Gasteiger partial charge in [-0.2, -0.15) is 5.26 Å². The zero-order valence-corrected chi connectivity index (χ0v) is 11.0. The number of rotatable bonds is 4. The van der Waals surface area contributed by atoms with Gasteiger partial charge in [-0.1, -0.05) is 0 Å². The molecule has 1 atom stereocenters. The molecule has 0 amide bonds. The first-order valence-electron chi connectivity index (χ1n) is 6.05. The third-order valence-corrected chi connectivity index (χ3v) is 3.02. The Morgan fingerprint density at radius 3 is 2.79 bits per heavy atom. The predicted molar refractivity (Wildman–Crippen MR) is 71.9 cm³/mol. The molecule has 0 saturated carbocycles. The SMILES string of the molecule is COc1ccc(C#N)cc1Cn1ccc(C(C)O)c1. The molecule has 1 aromatic heterocycles. The molecular formula is C15H16N2O2. The maximum atomic E-state index is 9.50. The van der Waals surface area contributed by atoms with Crippen molar-refractivity contribution in [2.24, 2.45) is 0 Å². The van der Waals surface area contributed by atoms with E-state index in [-0.39, 0.29) is 0 Å². The molecule has 1 heterocycles. The zero-order chi connectivity index (χ0) is 13.8. The van der Waals surface area contributed by atoms with E-state index < -0.39 is 6.10 Å². The van der Waals surface area contributed by atoms with Crippen molar-refractivity contribution < 1.29 is 9.84 Å². The van der Waals surface area contributed by atoms with Gasteiger partial charge in [0.25, 0.3) is 0 Å². The molecule has 4 heteroatoms. The molecule has 1 N–H and O–H groups in total. The highest BCUT2D eigenvalue weighted by atomic mass is 16.5. The van der Waals surface area contributed by atoms with Gasteiger partial charge in [0, 0.05) is 18.0 Å². The summed E-state index contributed by atoms with van der Waals surface area (Å²) in [5.74, 6) is 0.756. The van der Waals surface area contributed by atoms with Gasteiger partial charge in [-0.05, 0) is 36.8 Å². The molecule has 0 aliphatic carbocycles. The smallest absolute Gasteiger partial charge is 0.123 e. The van der Waals surface area contributed by atoms with Crippen molar-refractivity contribution in [2.45, 2.75) is 19.6 Å². The molecule has 0 aliphatic heterocycles. The third-order valence-electron chi connectivity index (χ3n) is 3.02. The van der Waals surface area contributed by atoms with Crippen LogP contribution in [0.3, 0.4) is 0 Å². The quantitative estimate of drug-likeness (QED) is 0.914. The van der Waals surface area contributed by atoms with Crippen LogP contribution in [0.1, 0.15) is 29.7 Å². The Morgan fingerprint density at radius 1 is 1.42 bits per heavy atom. The van der Waals surface area contributed by atoms with Crippen LogP contribution in [0.15, 0.2) is 36.7 Å². The van der Waals surface area contributed by atoms with Crippen LogP contribution in [0, 0.1) is 11.3 Å². The number of ether oxygens (including phenoxy) is 1. The molecular weight excluding hydrogens is 240 g/mol. The average molecular weight is 256 g/mol. The lowest BCUT2D eigenvalue weighted by atomic mass is 10.1. The highest BCUT2D eigenvalue weighted by Gasteiger charge is 2.07. The average Bonchev–Trinajstić information content (AvgIpc) is 2.87. The van der Waals surface area contributed by atoms with Gasteiger partial charge in [-0.25, -0.2) is 0 Å². The number of nitrogens with zero attached hydrogens (tertiary/aromatic N) is 2. The molecule has 1 unspecified atom stereocenters. The minimum absolute atomic E-state index is 0.478. The Balaban J connectivity index is 2.28. The minimum Gasteiger partial charge on any atom is -0.496 e. The summed E-state index contributed by atoms with van der Waals surface area (Å²) in [7, 11) is 1.61. The van der Waals surface area contributed by atoms with Crippen LogP contribution in [0.25, 0.3) is 0 Å². The minimum atomic E-state index is -0.478. The molecule has 0 spiro atoms. The fourth-order valence-electron chi connectivity index (χ4n) is 1.97. The summed E-state index contributed by atoms with van der Waals surface area (Å²) in [4.78, 5) is 0. The van der Waals surface area contributed by atoms with Crippen LogP contribution < -0.4 is 4.74 Å². The maximum absolute atomic E-state index is 9.50. The lowest BCUT2D eigenvalue weighted by Crippen LogP contribution is -2.00. The van der Waals surface area contributed by atoms with Gasteiger partial charge in [-0.15, -0.1) is 0 Å². The van der Waals surface area contributed by atoms with Crippen LogP contribution >= 0.6 is 0 Å². The monoisotopic (exact) mass is 256 g/mol. The number of aliphatic hydroxyl groups is 1. The van der Waals surface area contributed by atoms with Crippen molar-refractivity contribution in [1.29, 1.82) is 5.26 Å². The largest absolute Gasteiger partial charge is 0.496 e. The van der Waals surface area contributed by atoms with E-state index in [9.17, 15) is 5.11 Å². The molecule has 0 saturated heterocycles. The van der Waals surface area contributed by atoms with E-state index in [0.717, 1.165) is 16.9 Å². The van der Waals surface area contributed by atoms with Crippen molar-refractivity contribution in [3.63, 3.8) is 0 Å². The van der Waals surface area contributed by atoms with Crippen LogP contribution in [-0.2, 0) is 6.54 Å². The van der Waals surface area contributed by atoms with Crippen molar-refractivity contribution >= 4 is 0 Å². The Kier molecular flexibility index (Phi) is 3.88. The lowest BCUT2D eigenvalue weighted by Gasteiger charge is -2.10. The zero-order valence-electron chi connectivity index (χ0n) is 11.0. The Hall–Kier alpha value is -2.25. The van der Waals surface area contributed by atoms with E-state index in [2.05, 4.69) is 6.07 Å². The Labute approximate surface area is 112 Å². The van der Waals surface area contributed by atoms with E-state index in [1.54, 1.807) is 26.2 Å². The number of methoxy groups -OCH3 is 1. The summed E-state index contributed by atoms with van der Waals surface area (Å²) in [5.41, 5.74) is 2.42. The van der Waals surface area contributed by atoms with Crippen LogP contribution in [-0.4, -0.2) is 16.8 Å². The van der Waals surface area contributed by atoms with E-state index in [1.807, 2.05) is 29.1 Å². The van der Waals surface area contributed by atoms with E-state index in [1.165, 1.54) is 0 Å². The number of nitriles is 1. The molecule has 2 aromatic rings. The molecule has 4 nitrogen and oxygen atoms in total. The fourth-order valence-corrected chi connectivity index (χ4v) is 1.97. The summed E-state index contributed by atoms with van der Waals surface area (Å²) in [6.07, 6.45) is 3.32. The number of benzene rings is 1. The topological polar surface area (TPSA) is 58.2 Å². The second kappa shape index (κ2) is 5.59. The number of aliphatic hydroxyl groups excluding tert-OH is 1. The van der Waals surface area contributed by atoms with Gasteiger partial charge in [-0.3, -0.25) is 0 Å². The number of hydrogen-bond donors (Lipinski definition) is 1. The van der Waals surface area contributed by atoms with Gasteiger partial charge in [0.1, 0.15) is 5.75 Å². The summed E-state index contributed by atoms with van der Waals surface area (Å²) >= 11 is 0. The summed E-state index contributed by atoms with van der Waals surface area (Å²) in [6, 6.07) is 9.36. The molecule has 98 valence electrons. The fraction of sp³-hybridized carbons (Fsp3) is 0.267. The first-order valence-corrected chi connectivity index (χ1v) is 6.05. The highest BCUT2D eigenvalue weighted by molar-refractivity contribution is 5.42. The van der Waals surface area contributed by atoms with Crippen molar-refractivity contribution in [3.8, 4) is 11.8 Å². The molecule has 0 fully saturated rings. The lowest BCUT2D eigenvalue weighted by molar-refractivity contribution is 0.199. The Bertz CT molecular complexity index is 609. The van der Waals surface area contributed by atoms with Crippen LogP contribution in [0.4, 0.5) is 0 Å². The summed E-state index contributed by atoms with van der Waals surface area (Å²) < 4.78 is 7.26. The number of hydrogen-bond acceptors (Lipinski definition) is 3. The standard InChI is InChI=1S/C15H16N2O2/c1-11(18)13-5-6-17(9-13)10-14-7-12(8-16)3-4-15(14)19-2/h3-7,9,11,18H,10H2,1-2H3. The van der Waals surface area contributed by atoms with Crippen molar-refractivity contribution in [2.75, 3.05) is 7.11 Å². The van der Waals surface area contributed by atoms with E-state index in [4.69, 9.17) is 10.00 Å². The molecule has 0 radical (unpaired) electrons. The summed E-state index contributed by atoms with van der Waals surface area (Å²) in [5, 5.41) is 18.4. The Morgan fingerprint density at radius 2 is 2.21 bits per heavy atom. The molecule has 0 bridgehead atoms. The second-order valence-corrected chi connectivity index (χ2v) is 4.43. The number of aromatic nitrogens is 1. The van der Waals surface area contributed by atoms with Gasteiger partial charge < -0.3 is 14.4 Å². The van der Waals surface area contributed by atoms with E-state index in [0.29, 0.717) is 12.1 Å². The van der Waals surface area contributed by atoms with Gasteiger partial charge in [0.15, 0.2) is 0 Å². The molecule has 2 rings (SSSR count). The first kappa shape index (κ1) is 13.2. The molecule has 1 aromatic carbocycles. The molecule has 0 aliphatic rings. The van der Waals surface area contributed by atoms with Crippen molar-refractivity contribution in [3.05, 3.63) is 53.3 Å². The second-order valence-electron chi connectivity index (χ2n) is 4.43. The highest BCUT2D eigenvalue weighted by Crippen LogP contribution is 2.22. The van der Waals surface area contributed by atoms with Crippen molar-refractivity contribution in [1.82, 2.24) is 4.57 Å². The predicted octanol–water partition coefficient (Wildman–Crippen LogP) is 2.47. The normalized spacial score (nSPS) is 11.9. The molecule has 19 heavy (non-hydrogen) atoms. The van der Waals surface area contributed by atoms with Gasteiger partial charge in [0.2, 0.25) is 0 Å². The maximum Gasteiger partial charge on any atom is 0.123 e. The summed E-state index contributed by atoms with van der Waals surface area (Å²) in [6.45, 7) is 2.34. The van der Waals surface area contributed by atoms with Gasteiger partial charge in [0.05, 0.1) is 31.4 Å². The first-order chi connectivity index (χ1) is 9.13. The van der Waals surface area contributed by atoms with Gasteiger partial charge >= 0.3 is 0 Å². The third kappa shape index (κ3) is 2.95.